The van der Waals surface area contributed by atoms with Gasteiger partial charge in [-0.1, -0.05) is 23.2 Å². The van der Waals surface area contributed by atoms with Gasteiger partial charge in [0.1, 0.15) is 0 Å². The number of hydrogen-bond acceptors (Lipinski definition) is 6. The third-order valence-electron chi connectivity index (χ3n) is 5.38. The Kier molecular flexibility index (Phi) is 6.67. The zero-order valence-corrected chi connectivity index (χ0v) is 19.2. The molecule has 0 N–H and O–H groups in total. The molecule has 2 heterocycles. The third kappa shape index (κ3) is 4.59. The second-order valence-electron chi connectivity index (χ2n) is 7.25. The zero-order chi connectivity index (χ0) is 22.7. The summed E-state index contributed by atoms with van der Waals surface area (Å²) >= 11 is 12.2. The molecule has 0 saturated carbocycles. The van der Waals surface area contributed by atoms with Crippen molar-refractivity contribution in [3.63, 3.8) is 0 Å². The van der Waals surface area contributed by atoms with Crippen LogP contribution in [0.15, 0.2) is 48.5 Å². The van der Waals surface area contributed by atoms with Crippen molar-refractivity contribution in [1.82, 2.24) is 15.1 Å². The lowest BCUT2D eigenvalue weighted by Gasteiger charge is -2.35. The van der Waals surface area contributed by atoms with Crippen LogP contribution in [0.2, 0.25) is 10.0 Å². The number of carbonyl (C=O) groups excluding carboxylic acids is 1. The second-order valence-corrected chi connectivity index (χ2v) is 8.09. The first kappa shape index (κ1) is 22.2. The maximum atomic E-state index is 12.9. The molecule has 1 amide bonds. The van der Waals surface area contributed by atoms with Gasteiger partial charge in [-0.05, 0) is 48.5 Å². The molecule has 9 heteroatoms. The summed E-state index contributed by atoms with van der Waals surface area (Å²) < 4.78 is 10.6. The van der Waals surface area contributed by atoms with Crippen LogP contribution in [0.25, 0.3) is 11.3 Å². The molecule has 2 aromatic carbocycles. The maximum Gasteiger partial charge on any atom is 0.254 e. The molecule has 0 atom stereocenters. The van der Waals surface area contributed by atoms with E-state index in [1.54, 1.807) is 44.6 Å². The number of rotatable bonds is 5. The summed E-state index contributed by atoms with van der Waals surface area (Å²) in [5, 5.41) is 9.79. The van der Waals surface area contributed by atoms with E-state index in [0.29, 0.717) is 59.0 Å². The molecule has 166 valence electrons. The van der Waals surface area contributed by atoms with E-state index in [4.69, 9.17) is 32.7 Å². The van der Waals surface area contributed by atoms with Crippen LogP contribution in [-0.4, -0.2) is 61.4 Å². The highest BCUT2D eigenvalue weighted by Gasteiger charge is 2.24. The lowest BCUT2D eigenvalue weighted by atomic mass is 10.1. The Bertz CT molecular complexity index is 1120. The summed E-state index contributed by atoms with van der Waals surface area (Å²) in [7, 11) is 3.12. The summed E-state index contributed by atoms with van der Waals surface area (Å²) in [5.74, 6) is 1.85. The van der Waals surface area contributed by atoms with Crippen molar-refractivity contribution in [3.8, 4) is 22.8 Å². The maximum absolute atomic E-state index is 12.9. The summed E-state index contributed by atoms with van der Waals surface area (Å²) in [4.78, 5) is 16.9. The molecule has 1 saturated heterocycles. The van der Waals surface area contributed by atoms with Crippen molar-refractivity contribution in [2.45, 2.75) is 0 Å². The van der Waals surface area contributed by atoms with Crippen molar-refractivity contribution in [3.05, 3.63) is 64.1 Å². The molecule has 0 spiro atoms. The highest BCUT2D eigenvalue weighted by molar-refractivity contribution is 6.36. The summed E-state index contributed by atoms with van der Waals surface area (Å²) in [6.45, 7) is 2.49. The number of ether oxygens (including phenoxy) is 2. The molecule has 0 aliphatic carbocycles. The molecule has 32 heavy (non-hydrogen) atoms. The second kappa shape index (κ2) is 9.63. The fourth-order valence-electron chi connectivity index (χ4n) is 3.63. The lowest BCUT2D eigenvalue weighted by Crippen LogP contribution is -2.49. The number of amides is 1. The Morgan fingerprint density at radius 3 is 2.25 bits per heavy atom. The summed E-state index contributed by atoms with van der Waals surface area (Å²) in [6.07, 6.45) is 0. The first-order chi connectivity index (χ1) is 15.5. The SMILES string of the molecule is COc1ccc(C(=O)N2CCN(c3ccc(-c4ccc(Cl)cc4Cl)nn3)CC2)cc1OC. The van der Waals surface area contributed by atoms with E-state index in [9.17, 15) is 4.79 Å². The summed E-state index contributed by atoms with van der Waals surface area (Å²) in [5.41, 5.74) is 2.03. The number of halogens is 2. The standard InChI is InChI=1S/C23H22Cl2N4O3/c1-31-20-7-3-15(13-21(20)32-2)23(30)29-11-9-28(10-12-29)22-8-6-19(26-27-22)17-5-4-16(24)14-18(17)25/h3-8,13-14H,9-12H2,1-2H3. The van der Waals surface area contributed by atoms with Crippen LogP contribution >= 0.6 is 23.2 Å². The van der Waals surface area contributed by atoms with E-state index in [0.717, 1.165) is 11.4 Å². The molecule has 1 aromatic heterocycles. The largest absolute Gasteiger partial charge is 0.493 e. The predicted molar refractivity (Wildman–Crippen MR) is 125 cm³/mol. The van der Waals surface area contributed by atoms with E-state index in [2.05, 4.69) is 15.1 Å². The number of aromatic nitrogens is 2. The van der Waals surface area contributed by atoms with Gasteiger partial charge in [0.2, 0.25) is 0 Å². The fourth-order valence-corrected chi connectivity index (χ4v) is 4.13. The van der Waals surface area contributed by atoms with Gasteiger partial charge in [-0.15, -0.1) is 10.2 Å². The third-order valence-corrected chi connectivity index (χ3v) is 5.93. The Balaban J connectivity index is 1.41. The predicted octanol–water partition coefficient (Wildman–Crippen LogP) is 4.43. The summed E-state index contributed by atoms with van der Waals surface area (Å²) in [6, 6.07) is 14.3. The van der Waals surface area contributed by atoms with Crippen LogP contribution in [0.4, 0.5) is 5.82 Å². The van der Waals surface area contributed by atoms with Crippen molar-refractivity contribution >= 4 is 34.9 Å². The van der Waals surface area contributed by atoms with E-state index in [1.165, 1.54) is 0 Å². The minimum Gasteiger partial charge on any atom is -0.493 e. The monoisotopic (exact) mass is 472 g/mol. The average Bonchev–Trinajstić information content (AvgIpc) is 2.83. The molecule has 1 aliphatic rings. The van der Waals surface area contributed by atoms with Crippen LogP contribution < -0.4 is 14.4 Å². The minimum atomic E-state index is -0.0376. The number of methoxy groups -OCH3 is 2. The van der Waals surface area contributed by atoms with Crippen molar-refractivity contribution in [2.24, 2.45) is 0 Å². The Morgan fingerprint density at radius 2 is 1.62 bits per heavy atom. The van der Waals surface area contributed by atoms with Crippen LogP contribution in [0.3, 0.4) is 0 Å². The van der Waals surface area contributed by atoms with E-state index in [1.807, 2.05) is 23.1 Å². The number of benzene rings is 2. The van der Waals surface area contributed by atoms with Crippen LogP contribution in [-0.2, 0) is 0 Å². The smallest absolute Gasteiger partial charge is 0.254 e. The molecule has 7 nitrogen and oxygen atoms in total. The Labute approximate surface area is 196 Å². The molecule has 4 rings (SSSR count). The number of hydrogen-bond donors (Lipinski definition) is 0. The molecule has 0 radical (unpaired) electrons. The fraction of sp³-hybridized carbons (Fsp3) is 0.261. The average molecular weight is 473 g/mol. The van der Waals surface area contributed by atoms with Gasteiger partial charge in [-0.2, -0.15) is 0 Å². The normalized spacial score (nSPS) is 13.8. The quantitative estimate of drug-likeness (QED) is 0.546. The Morgan fingerprint density at radius 1 is 0.875 bits per heavy atom. The molecular formula is C23H22Cl2N4O3. The van der Waals surface area contributed by atoms with Crippen molar-refractivity contribution in [1.29, 1.82) is 0 Å². The number of anilines is 1. The van der Waals surface area contributed by atoms with Gasteiger partial charge in [0.15, 0.2) is 17.3 Å². The van der Waals surface area contributed by atoms with Gasteiger partial charge in [-0.3, -0.25) is 4.79 Å². The highest BCUT2D eigenvalue weighted by Crippen LogP contribution is 2.30. The highest BCUT2D eigenvalue weighted by atomic mass is 35.5. The van der Waals surface area contributed by atoms with Gasteiger partial charge in [-0.25, -0.2) is 0 Å². The molecule has 3 aromatic rings. The van der Waals surface area contributed by atoms with Gasteiger partial charge in [0.05, 0.1) is 24.9 Å². The lowest BCUT2D eigenvalue weighted by molar-refractivity contribution is 0.0746. The van der Waals surface area contributed by atoms with Gasteiger partial charge < -0.3 is 19.3 Å². The molecule has 1 fully saturated rings. The molecule has 0 bridgehead atoms. The van der Waals surface area contributed by atoms with E-state index >= 15 is 0 Å². The molecular weight excluding hydrogens is 451 g/mol. The minimum absolute atomic E-state index is 0.0376. The Hall–Kier alpha value is -3.03. The van der Waals surface area contributed by atoms with Crippen molar-refractivity contribution in [2.75, 3.05) is 45.3 Å². The molecule has 0 unspecified atom stereocenters. The van der Waals surface area contributed by atoms with Crippen molar-refractivity contribution < 1.29 is 14.3 Å². The van der Waals surface area contributed by atoms with Crippen LogP contribution in [0, 0.1) is 0 Å². The first-order valence-corrected chi connectivity index (χ1v) is 10.8. The number of piperazine rings is 1. The number of nitrogens with zero attached hydrogens (tertiary/aromatic N) is 4. The van der Waals surface area contributed by atoms with E-state index < -0.39 is 0 Å². The van der Waals surface area contributed by atoms with Gasteiger partial charge in [0.25, 0.3) is 5.91 Å². The van der Waals surface area contributed by atoms with Gasteiger partial charge >= 0.3 is 0 Å². The van der Waals surface area contributed by atoms with Gasteiger partial charge in [0, 0.05) is 42.3 Å². The van der Waals surface area contributed by atoms with E-state index in [-0.39, 0.29) is 5.91 Å². The number of carbonyl (C=O) groups is 1. The zero-order valence-electron chi connectivity index (χ0n) is 17.7. The topological polar surface area (TPSA) is 67.8 Å². The molecule has 1 aliphatic heterocycles. The van der Waals surface area contributed by atoms with Crippen LogP contribution in [0.1, 0.15) is 10.4 Å². The van der Waals surface area contributed by atoms with Crippen LogP contribution in [0.5, 0.6) is 11.5 Å². The first-order valence-electron chi connectivity index (χ1n) is 10.1.